The van der Waals surface area contributed by atoms with Gasteiger partial charge in [0.1, 0.15) is 5.82 Å². The van der Waals surface area contributed by atoms with Crippen molar-refractivity contribution in [1.82, 2.24) is 15.0 Å². The van der Waals surface area contributed by atoms with Gasteiger partial charge in [-0.3, -0.25) is 0 Å². The smallest absolute Gasteiger partial charge is 0.225 e. The summed E-state index contributed by atoms with van der Waals surface area (Å²) in [5.74, 6) is 2.96. The van der Waals surface area contributed by atoms with Gasteiger partial charge in [-0.15, -0.1) is 0 Å². The van der Waals surface area contributed by atoms with Crippen LogP contribution in [0.5, 0.6) is 0 Å². The van der Waals surface area contributed by atoms with Gasteiger partial charge in [-0.2, -0.15) is 26.7 Å². The van der Waals surface area contributed by atoms with Gasteiger partial charge in [-0.1, -0.05) is 26.2 Å². The van der Waals surface area contributed by atoms with Crippen LogP contribution in [0.25, 0.3) is 0 Å². The monoisotopic (exact) mass is 241 g/mol. The van der Waals surface area contributed by atoms with E-state index in [2.05, 4.69) is 21.9 Å². The SMILES string of the molecule is CCCCCCSCc1nc(N)nc(N)n1. The minimum Gasteiger partial charge on any atom is -0.368 e. The number of rotatable bonds is 7. The molecule has 1 heterocycles. The first-order valence-corrected chi connectivity index (χ1v) is 6.71. The summed E-state index contributed by atoms with van der Waals surface area (Å²) in [4.78, 5) is 11.8. The molecular formula is C10H19N5S. The van der Waals surface area contributed by atoms with Crippen LogP contribution in [0.1, 0.15) is 38.4 Å². The fourth-order valence-corrected chi connectivity index (χ4v) is 2.18. The molecule has 0 spiro atoms. The molecule has 0 saturated heterocycles. The molecule has 0 aliphatic rings. The second-order valence-corrected chi connectivity index (χ2v) is 4.69. The quantitative estimate of drug-likeness (QED) is 0.708. The van der Waals surface area contributed by atoms with Gasteiger partial charge in [0.2, 0.25) is 11.9 Å². The highest BCUT2D eigenvalue weighted by Gasteiger charge is 2.01. The number of aromatic nitrogens is 3. The van der Waals surface area contributed by atoms with Crippen LogP contribution in [0, 0.1) is 0 Å². The summed E-state index contributed by atoms with van der Waals surface area (Å²) >= 11 is 1.81. The zero-order valence-corrected chi connectivity index (χ0v) is 10.5. The predicted octanol–water partition coefficient (Wildman–Crippen LogP) is 1.85. The Labute approximate surface area is 100 Å². The summed E-state index contributed by atoms with van der Waals surface area (Å²) < 4.78 is 0. The minimum absolute atomic E-state index is 0.203. The zero-order valence-electron chi connectivity index (χ0n) is 9.65. The molecule has 0 aliphatic carbocycles. The highest BCUT2D eigenvalue weighted by molar-refractivity contribution is 7.98. The Morgan fingerprint density at radius 1 is 1.00 bits per heavy atom. The molecule has 0 aliphatic heterocycles. The lowest BCUT2D eigenvalue weighted by atomic mass is 10.2. The Morgan fingerprint density at radius 2 is 1.69 bits per heavy atom. The number of hydrogen-bond donors (Lipinski definition) is 2. The van der Waals surface area contributed by atoms with E-state index < -0.39 is 0 Å². The fourth-order valence-electron chi connectivity index (χ4n) is 1.32. The van der Waals surface area contributed by atoms with E-state index >= 15 is 0 Å². The highest BCUT2D eigenvalue weighted by atomic mass is 32.2. The number of unbranched alkanes of at least 4 members (excludes halogenated alkanes) is 3. The van der Waals surface area contributed by atoms with Gasteiger partial charge in [0.05, 0.1) is 5.75 Å². The predicted molar refractivity (Wildman–Crippen MR) is 69.0 cm³/mol. The summed E-state index contributed by atoms with van der Waals surface area (Å²) in [6.45, 7) is 2.21. The minimum atomic E-state index is 0.203. The molecule has 0 fully saturated rings. The maximum atomic E-state index is 5.48. The largest absolute Gasteiger partial charge is 0.368 e. The normalized spacial score (nSPS) is 10.6. The summed E-state index contributed by atoms with van der Waals surface area (Å²) in [7, 11) is 0. The molecule has 90 valence electrons. The number of nitrogen functional groups attached to an aromatic ring is 2. The Hall–Kier alpha value is -1.04. The third-order valence-corrected chi connectivity index (χ3v) is 3.13. The highest BCUT2D eigenvalue weighted by Crippen LogP contribution is 2.13. The third kappa shape index (κ3) is 5.16. The van der Waals surface area contributed by atoms with Gasteiger partial charge >= 0.3 is 0 Å². The van der Waals surface area contributed by atoms with Crippen molar-refractivity contribution in [3.63, 3.8) is 0 Å². The van der Waals surface area contributed by atoms with Crippen molar-refractivity contribution >= 4 is 23.7 Å². The number of anilines is 2. The number of nitrogens with two attached hydrogens (primary N) is 2. The van der Waals surface area contributed by atoms with E-state index in [4.69, 9.17) is 11.5 Å². The first-order chi connectivity index (χ1) is 7.72. The van der Waals surface area contributed by atoms with Crippen LogP contribution in [0.3, 0.4) is 0 Å². The van der Waals surface area contributed by atoms with E-state index in [1.54, 1.807) is 0 Å². The van der Waals surface area contributed by atoms with Crippen LogP contribution in [0.4, 0.5) is 11.9 Å². The van der Waals surface area contributed by atoms with Gasteiger partial charge in [0.15, 0.2) is 0 Å². The van der Waals surface area contributed by atoms with Crippen molar-refractivity contribution in [3.8, 4) is 0 Å². The molecule has 1 aromatic rings. The van der Waals surface area contributed by atoms with E-state index in [1.165, 1.54) is 25.7 Å². The Morgan fingerprint density at radius 3 is 2.31 bits per heavy atom. The van der Waals surface area contributed by atoms with E-state index in [0.717, 1.165) is 11.5 Å². The number of hydrogen-bond acceptors (Lipinski definition) is 6. The lowest BCUT2D eigenvalue weighted by Gasteiger charge is -2.02. The molecule has 1 rings (SSSR count). The summed E-state index contributed by atoms with van der Waals surface area (Å²) in [5.41, 5.74) is 11.0. The standard InChI is InChI=1S/C10H19N5S/c1-2-3-4-5-6-16-7-8-13-9(11)15-10(12)14-8/h2-7H2,1H3,(H4,11,12,13,14,15). The topological polar surface area (TPSA) is 90.7 Å². The molecular weight excluding hydrogens is 222 g/mol. The van der Waals surface area contributed by atoms with E-state index in [1.807, 2.05) is 11.8 Å². The van der Waals surface area contributed by atoms with Crippen molar-refractivity contribution in [2.45, 2.75) is 38.4 Å². The molecule has 0 bridgehead atoms. The Bertz CT molecular complexity index is 298. The third-order valence-electron chi connectivity index (χ3n) is 2.09. The van der Waals surface area contributed by atoms with Crippen molar-refractivity contribution in [1.29, 1.82) is 0 Å². The average Bonchev–Trinajstić information content (AvgIpc) is 2.22. The van der Waals surface area contributed by atoms with Crippen molar-refractivity contribution in [2.75, 3.05) is 17.2 Å². The maximum absolute atomic E-state index is 5.48. The van der Waals surface area contributed by atoms with Gasteiger partial charge in [0, 0.05) is 0 Å². The molecule has 5 nitrogen and oxygen atoms in total. The molecule has 6 heteroatoms. The van der Waals surface area contributed by atoms with Crippen LogP contribution in [0.2, 0.25) is 0 Å². The first kappa shape index (κ1) is 13.0. The Balaban J connectivity index is 2.21. The number of nitrogens with zero attached hydrogens (tertiary/aromatic N) is 3. The van der Waals surface area contributed by atoms with Crippen LogP contribution >= 0.6 is 11.8 Å². The molecule has 0 unspecified atom stereocenters. The molecule has 1 aromatic heterocycles. The van der Waals surface area contributed by atoms with Gasteiger partial charge in [0.25, 0.3) is 0 Å². The van der Waals surface area contributed by atoms with Crippen LogP contribution in [-0.4, -0.2) is 20.7 Å². The lowest BCUT2D eigenvalue weighted by Crippen LogP contribution is -2.06. The summed E-state index contributed by atoms with van der Waals surface area (Å²) in [5, 5.41) is 0. The molecule has 4 N–H and O–H groups in total. The van der Waals surface area contributed by atoms with Crippen LogP contribution in [0.15, 0.2) is 0 Å². The van der Waals surface area contributed by atoms with Gasteiger partial charge in [-0.25, -0.2) is 0 Å². The Kier molecular flexibility index (Phi) is 5.92. The lowest BCUT2D eigenvalue weighted by molar-refractivity contribution is 0.706. The summed E-state index contributed by atoms with van der Waals surface area (Å²) in [6.07, 6.45) is 5.12. The fraction of sp³-hybridized carbons (Fsp3) is 0.700. The summed E-state index contributed by atoms with van der Waals surface area (Å²) in [6, 6.07) is 0. The first-order valence-electron chi connectivity index (χ1n) is 5.56. The molecule has 0 aromatic carbocycles. The van der Waals surface area contributed by atoms with Gasteiger partial charge in [-0.05, 0) is 12.2 Å². The van der Waals surface area contributed by atoms with Crippen molar-refractivity contribution in [2.24, 2.45) is 0 Å². The van der Waals surface area contributed by atoms with E-state index in [9.17, 15) is 0 Å². The van der Waals surface area contributed by atoms with Crippen molar-refractivity contribution < 1.29 is 0 Å². The van der Waals surface area contributed by atoms with E-state index in [-0.39, 0.29) is 11.9 Å². The zero-order chi connectivity index (χ0) is 11.8. The molecule has 0 amide bonds. The maximum Gasteiger partial charge on any atom is 0.225 e. The molecule has 0 saturated carbocycles. The second kappa shape index (κ2) is 7.27. The number of thioether (sulfide) groups is 1. The van der Waals surface area contributed by atoms with Crippen LogP contribution < -0.4 is 11.5 Å². The second-order valence-electron chi connectivity index (χ2n) is 3.58. The van der Waals surface area contributed by atoms with Gasteiger partial charge < -0.3 is 11.5 Å². The molecule has 16 heavy (non-hydrogen) atoms. The van der Waals surface area contributed by atoms with Crippen LogP contribution in [-0.2, 0) is 5.75 Å². The van der Waals surface area contributed by atoms with Crippen molar-refractivity contribution in [3.05, 3.63) is 5.82 Å². The molecule has 0 atom stereocenters. The van der Waals surface area contributed by atoms with E-state index in [0.29, 0.717) is 5.82 Å². The average molecular weight is 241 g/mol. The molecule has 0 radical (unpaired) electrons.